The predicted octanol–water partition coefficient (Wildman–Crippen LogP) is 2.48. The van der Waals surface area contributed by atoms with Gasteiger partial charge in [0, 0.05) is 25.5 Å². The standard InChI is InChI=1S/C16H19NO2/c1-10-9-12-3-4-15-14(6-8-19-15)16(12)13(10)5-7-17-11(2)18/h3-4H,5-9H2,1-2H3,(H,17,18). The molecule has 3 nitrogen and oxygen atoms in total. The highest BCUT2D eigenvalue weighted by atomic mass is 16.5. The Bertz CT molecular complexity index is 572. The van der Waals surface area contributed by atoms with E-state index < -0.39 is 0 Å². The maximum absolute atomic E-state index is 11.0. The lowest BCUT2D eigenvalue weighted by Gasteiger charge is -2.11. The lowest BCUT2D eigenvalue weighted by atomic mass is 9.95. The van der Waals surface area contributed by atoms with Gasteiger partial charge in [0.05, 0.1) is 6.61 Å². The van der Waals surface area contributed by atoms with Gasteiger partial charge in [0.2, 0.25) is 5.91 Å². The van der Waals surface area contributed by atoms with Crippen molar-refractivity contribution in [2.45, 2.75) is 33.1 Å². The minimum Gasteiger partial charge on any atom is -0.493 e. The van der Waals surface area contributed by atoms with E-state index in [1.807, 2.05) is 0 Å². The van der Waals surface area contributed by atoms with E-state index in [-0.39, 0.29) is 5.91 Å². The second-order valence-electron chi connectivity index (χ2n) is 5.34. The van der Waals surface area contributed by atoms with E-state index in [0.29, 0.717) is 6.54 Å². The third kappa shape index (κ3) is 2.14. The van der Waals surface area contributed by atoms with Crippen molar-refractivity contribution >= 4 is 11.5 Å². The van der Waals surface area contributed by atoms with Gasteiger partial charge in [-0.3, -0.25) is 4.79 Å². The van der Waals surface area contributed by atoms with Crippen molar-refractivity contribution < 1.29 is 9.53 Å². The zero-order valence-electron chi connectivity index (χ0n) is 11.5. The third-order valence-corrected chi connectivity index (χ3v) is 3.99. The Labute approximate surface area is 113 Å². The van der Waals surface area contributed by atoms with Crippen LogP contribution in [-0.4, -0.2) is 19.1 Å². The first-order chi connectivity index (χ1) is 9.16. The Kier molecular flexibility index (Phi) is 3.05. The molecule has 1 N–H and O–H groups in total. The number of hydrogen-bond donors (Lipinski definition) is 1. The number of rotatable bonds is 3. The van der Waals surface area contributed by atoms with E-state index in [0.717, 1.165) is 31.6 Å². The third-order valence-electron chi connectivity index (χ3n) is 3.99. The fraction of sp³-hybridized carbons (Fsp3) is 0.438. The molecule has 0 radical (unpaired) electrons. The fourth-order valence-electron chi connectivity index (χ4n) is 3.15. The van der Waals surface area contributed by atoms with Crippen molar-refractivity contribution in [3.63, 3.8) is 0 Å². The second-order valence-corrected chi connectivity index (χ2v) is 5.34. The van der Waals surface area contributed by atoms with Gasteiger partial charge in [-0.25, -0.2) is 0 Å². The van der Waals surface area contributed by atoms with E-state index in [9.17, 15) is 4.79 Å². The summed E-state index contributed by atoms with van der Waals surface area (Å²) in [6, 6.07) is 4.29. The van der Waals surface area contributed by atoms with Gasteiger partial charge in [-0.1, -0.05) is 11.6 Å². The monoisotopic (exact) mass is 257 g/mol. The summed E-state index contributed by atoms with van der Waals surface area (Å²) < 4.78 is 5.66. The van der Waals surface area contributed by atoms with Gasteiger partial charge in [0.1, 0.15) is 5.75 Å². The highest BCUT2D eigenvalue weighted by Crippen LogP contribution is 2.42. The summed E-state index contributed by atoms with van der Waals surface area (Å²) in [4.78, 5) is 11.0. The fourth-order valence-corrected chi connectivity index (χ4v) is 3.15. The van der Waals surface area contributed by atoms with Crippen molar-refractivity contribution in [3.05, 3.63) is 34.4 Å². The lowest BCUT2D eigenvalue weighted by molar-refractivity contribution is -0.118. The minimum absolute atomic E-state index is 0.0399. The van der Waals surface area contributed by atoms with Crippen LogP contribution >= 0.6 is 0 Å². The van der Waals surface area contributed by atoms with Crippen LogP contribution in [0.3, 0.4) is 0 Å². The van der Waals surface area contributed by atoms with E-state index in [2.05, 4.69) is 24.4 Å². The molecule has 2 aliphatic rings. The number of ether oxygens (including phenoxy) is 1. The van der Waals surface area contributed by atoms with Gasteiger partial charge in [-0.15, -0.1) is 0 Å². The lowest BCUT2D eigenvalue weighted by Crippen LogP contribution is -2.21. The summed E-state index contributed by atoms with van der Waals surface area (Å²) in [6.45, 7) is 5.27. The van der Waals surface area contributed by atoms with Crippen LogP contribution in [-0.2, 0) is 17.6 Å². The van der Waals surface area contributed by atoms with Crippen molar-refractivity contribution in [3.8, 4) is 5.75 Å². The van der Waals surface area contributed by atoms with Gasteiger partial charge in [0.15, 0.2) is 0 Å². The first-order valence-electron chi connectivity index (χ1n) is 6.88. The van der Waals surface area contributed by atoms with Gasteiger partial charge in [0.25, 0.3) is 0 Å². The van der Waals surface area contributed by atoms with Gasteiger partial charge in [-0.2, -0.15) is 0 Å². The normalized spacial score (nSPS) is 16.1. The summed E-state index contributed by atoms with van der Waals surface area (Å²) in [5.74, 6) is 1.09. The first kappa shape index (κ1) is 12.3. The Balaban J connectivity index is 1.89. The minimum atomic E-state index is 0.0399. The number of benzene rings is 1. The molecule has 1 aromatic rings. The number of nitrogens with one attached hydrogen (secondary N) is 1. The molecule has 1 heterocycles. The van der Waals surface area contributed by atoms with Gasteiger partial charge >= 0.3 is 0 Å². The van der Waals surface area contributed by atoms with Crippen LogP contribution < -0.4 is 10.1 Å². The Morgan fingerprint density at radius 3 is 3.05 bits per heavy atom. The number of hydrogen-bond acceptors (Lipinski definition) is 2. The molecule has 0 saturated carbocycles. The average Bonchev–Trinajstić information content (AvgIpc) is 2.93. The summed E-state index contributed by atoms with van der Waals surface area (Å²) in [6.07, 6.45) is 2.96. The molecule has 0 spiro atoms. The number of carbonyl (C=O) groups is 1. The van der Waals surface area contributed by atoms with Gasteiger partial charge < -0.3 is 10.1 Å². The zero-order valence-corrected chi connectivity index (χ0v) is 11.5. The first-order valence-corrected chi connectivity index (χ1v) is 6.88. The Hall–Kier alpha value is -1.77. The molecular weight excluding hydrogens is 238 g/mol. The molecule has 0 saturated heterocycles. The molecule has 0 fully saturated rings. The molecule has 1 amide bonds. The molecule has 19 heavy (non-hydrogen) atoms. The van der Waals surface area contributed by atoms with E-state index in [1.165, 1.54) is 27.8 Å². The predicted molar refractivity (Wildman–Crippen MR) is 75.2 cm³/mol. The second kappa shape index (κ2) is 4.72. The van der Waals surface area contributed by atoms with Crippen LogP contribution in [0.1, 0.15) is 37.0 Å². The topological polar surface area (TPSA) is 38.3 Å². The average molecular weight is 257 g/mol. The summed E-state index contributed by atoms with van der Waals surface area (Å²) in [5, 5.41) is 2.89. The van der Waals surface area contributed by atoms with Crippen molar-refractivity contribution in [2.24, 2.45) is 0 Å². The van der Waals surface area contributed by atoms with E-state index in [1.54, 1.807) is 6.92 Å². The van der Waals surface area contributed by atoms with E-state index in [4.69, 9.17) is 4.74 Å². The maximum atomic E-state index is 11.0. The number of amides is 1. The molecular formula is C16H19NO2. The van der Waals surface area contributed by atoms with Crippen LogP contribution in [0, 0.1) is 0 Å². The van der Waals surface area contributed by atoms with E-state index >= 15 is 0 Å². The van der Waals surface area contributed by atoms with Crippen LogP contribution in [0.2, 0.25) is 0 Å². The Morgan fingerprint density at radius 2 is 2.26 bits per heavy atom. The molecule has 100 valence electrons. The zero-order chi connectivity index (χ0) is 13.4. The largest absolute Gasteiger partial charge is 0.493 e. The molecule has 0 unspecified atom stereocenters. The summed E-state index contributed by atoms with van der Waals surface area (Å²) in [5.41, 5.74) is 7.02. The quantitative estimate of drug-likeness (QED) is 0.903. The molecule has 1 aliphatic carbocycles. The number of fused-ring (bicyclic) bond motifs is 3. The number of allylic oxidation sites excluding steroid dienone is 1. The SMILES string of the molecule is CC(=O)NCCC1=C(C)Cc2ccc3c(c21)CCO3. The Morgan fingerprint density at radius 1 is 1.42 bits per heavy atom. The summed E-state index contributed by atoms with van der Waals surface area (Å²) in [7, 11) is 0. The molecule has 0 atom stereocenters. The van der Waals surface area contributed by atoms with Crippen LogP contribution in [0.25, 0.3) is 5.57 Å². The van der Waals surface area contributed by atoms with Gasteiger partial charge in [-0.05, 0) is 42.5 Å². The molecule has 3 rings (SSSR count). The van der Waals surface area contributed by atoms with Crippen LogP contribution in [0.5, 0.6) is 5.75 Å². The smallest absolute Gasteiger partial charge is 0.216 e. The van der Waals surface area contributed by atoms with Crippen molar-refractivity contribution in [1.82, 2.24) is 5.32 Å². The summed E-state index contributed by atoms with van der Waals surface area (Å²) >= 11 is 0. The van der Waals surface area contributed by atoms with Crippen molar-refractivity contribution in [2.75, 3.05) is 13.2 Å². The van der Waals surface area contributed by atoms with Crippen LogP contribution in [0.15, 0.2) is 17.7 Å². The highest BCUT2D eigenvalue weighted by Gasteiger charge is 2.26. The van der Waals surface area contributed by atoms with Crippen molar-refractivity contribution in [1.29, 1.82) is 0 Å². The molecule has 1 aromatic carbocycles. The number of carbonyl (C=O) groups excluding carboxylic acids is 1. The van der Waals surface area contributed by atoms with Crippen LogP contribution in [0.4, 0.5) is 0 Å². The molecule has 0 bridgehead atoms. The highest BCUT2D eigenvalue weighted by molar-refractivity contribution is 5.80. The maximum Gasteiger partial charge on any atom is 0.216 e. The molecule has 1 aliphatic heterocycles. The molecule has 3 heteroatoms. The molecule has 0 aromatic heterocycles.